The van der Waals surface area contributed by atoms with Gasteiger partial charge in [0.05, 0.1) is 5.69 Å². The second-order valence-corrected chi connectivity index (χ2v) is 6.57. The first-order chi connectivity index (χ1) is 10.9. The van der Waals surface area contributed by atoms with Gasteiger partial charge in [-0.3, -0.25) is 0 Å². The number of thiazole rings is 2. The summed E-state index contributed by atoms with van der Waals surface area (Å²) in [6, 6.07) is 18.7. The van der Waals surface area contributed by atoms with Gasteiger partial charge in [-0.2, -0.15) is 0 Å². The average Bonchev–Trinajstić information content (AvgIpc) is 3.28. The SMILES string of the molecule is c1ccc(-c2nc(-c3ccc(-c4nccs4)cc3)cs2)cc1. The summed E-state index contributed by atoms with van der Waals surface area (Å²) in [6.45, 7) is 0. The molecule has 0 saturated heterocycles. The summed E-state index contributed by atoms with van der Waals surface area (Å²) in [5, 5.41) is 6.21. The highest BCUT2D eigenvalue weighted by molar-refractivity contribution is 7.13. The van der Waals surface area contributed by atoms with Crippen LogP contribution in [-0.4, -0.2) is 9.97 Å². The Labute approximate surface area is 136 Å². The number of hydrogen-bond donors (Lipinski definition) is 0. The molecule has 0 atom stereocenters. The van der Waals surface area contributed by atoms with E-state index in [-0.39, 0.29) is 0 Å². The number of benzene rings is 2. The van der Waals surface area contributed by atoms with Crippen LogP contribution >= 0.6 is 22.7 Å². The molecule has 2 nitrogen and oxygen atoms in total. The fourth-order valence-corrected chi connectivity index (χ4v) is 3.75. The van der Waals surface area contributed by atoms with Crippen molar-refractivity contribution in [2.75, 3.05) is 0 Å². The van der Waals surface area contributed by atoms with Crippen molar-refractivity contribution in [3.05, 3.63) is 71.6 Å². The molecule has 0 aliphatic carbocycles. The third-order valence-electron chi connectivity index (χ3n) is 3.38. The van der Waals surface area contributed by atoms with Crippen LogP contribution in [0.5, 0.6) is 0 Å². The second-order valence-electron chi connectivity index (χ2n) is 4.82. The van der Waals surface area contributed by atoms with E-state index in [2.05, 4.69) is 46.8 Å². The molecule has 2 aromatic carbocycles. The van der Waals surface area contributed by atoms with E-state index in [4.69, 9.17) is 4.98 Å². The van der Waals surface area contributed by atoms with Crippen LogP contribution < -0.4 is 0 Å². The first kappa shape index (κ1) is 13.4. The molecule has 0 amide bonds. The summed E-state index contributed by atoms with van der Waals surface area (Å²) in [5.41, 5.74) is 4.48. The molecule has 2 heterocycles. The molecule has 106 valence electrons. The minimum atomic E-state index is 1.02. The molecule has 4 aromatic rings. The first-order valence-corrected chi connectivity index (χ1v) is 8.67. The molecule has 0 saturated carbocycles. The summed E-state index contributed by atoms with van der Waals surface area (Å²) >= 11 is 3.33. The van der Waals surface area contributed by atoms with E-state index in [1.807, 2.05) is 29.8 Å². The van der Waals surface area contributed by atoms with Gasteiger partial charge in [0.2, 0.25) is 0 Å². The van der Waals surface area contributed by atoms with Crippen molar-refractivity contribution in [1.82, 2.24) is 9.97 Å². The van der Waals surface area contributed by atoms with E-state index in [0.29, 0.717) is 0 Å². The van der Waals surface area contributed by atoms with E-state index in [1.54, 1.807) is 22.7 Å². The van der Waals surface area contributed by atoms with Crippen LogP contribution in [0.4, 0.5) is 0 Å². The maximum Gasteiger partial charge on any atom is 0.124 e. The van der Waals surface area contributed by atoms with Crippen molar-refractivity contribution < 1.29 is 0 Å². The van der Waals surface area contributed by atoms with Gasteiger partial charge >= 0.3 is 0 Å². The van der Waals surface area contributed by atoms with Crippen molar-refractivity contribution in [3.63, 3.8) is 0 Å². The Morgan fingerprint density at radius 3 is 2.14 bits per heavy atom. The number of rotatable bonds is 3. The van der Waals surface area contributed by atoms with Crippen LogP contribution in [0.15, 0.2) is 71.6 Å². The molecule has 22 heavy (non-hydrogen) atoms. The summed E-state index contributed by atoms with van der Waals surface area (Å²) in [7, 11) is 0. The monoisotopic (exact) mass is 320 g/mol. The van der Waals surface area contributed by atoms with Crippen LogP contribution in [0, 0.1) is 0 Å². The standard InChI is InChI=1S/C18H12N2S2/c1-2-4-14(5-3-1)18-20-16(12-22-18)13-6-8-15(9-7-13)17-19-10-11-21-17/h1-12H. The van der Waals surface area contributed by atoms with Crippen molar-refractivity contribution >= 4 is 22.7 Å². The summed E-state index contributed by atoms with van der Waals surface area (Å²) < 4.78 is 0. The second kappa shape index (κ2) is 5.83. The van der Waals surface area contributed by atoms with Gasteiger partial charge in [-0.1, -0.05) is 54.6 Å². The molecule has 2 aromatic heterocycles. The molecule has 0 fully saturated rings. The van der Waals surface area contributed by atoms with Gasteiger partial charge in [-0.05, 0) is 0 Å². The lowest BCUT2D eigenvalue weighted by atomic mass is 10.1. The van der Waals surface area contributed by atoms with Crippen LogP contribution in [0.25, 0.3) is 32.4 Å². The maximum absolute atomic E-state index is 4.75. The Bertz CT molecular complexity index is 863. The number of nitrogens with zero attached hydrogens (tertiary/aromatic N) is 2. The molecule has 0 aliphatic rings. The van der Waals surface area contributed by atoms with Gasteiger partial charge in [0, 0.05) is 33.6 Å². The van der Waals surface area contributed by atoms with Gasteiger partial charge in [-0.25, -0.2) is 9.97 Å². The van der Waals surface area contributed by atoms with Gasteiger partial charge in [0.25, 0.3) is 0 Å². The maximum atomic E-state index is 4.75. The third kappa shape index (κ3) is 2.58. The minimum Gasteiger partial charge on any atom is -0.245 e. The highest BCUT2D eigenvalue weighted by atomic mass is 32.1. The number of hydrogen-bond acceptors (Lipinski definition) is 4. The van der Waals surface area contributed by atoms with Crippen LogP contribution in [0.1, 0.15) is 0 Å². The van der Waals surface area contributed by atoms with E-state index in [1.165, 1.54) is 0 Å². The smallest absolute Gasteiger partial charge is 0.124 e. The quantitative estimate of drug-likeness (QED) is 0.491. The molecule has 0 N–H and O–H groups in total. The van der Waals surface area contributed by atoms with Gasteiger partial charge in [-0.15, -0.1) is 22.7 Å². The predicted molar refractivity (Wildman–Crippen MR) is 94.1 cm³/mol. The molecule has 4 rings (SSSR count). The zero-order valence-corrected chi connectivity index (χ0v) is 13.3. The first-order valence-electron chi connectivity index (χ1n) is 6.91. The minimum absolute atomic E-state index is 1.02. The Morgan fingerprint density at radius 1 is 0.682 bits per heavy atom. The zero-order chi connectivity index (χ0) is 14.8. The van der Waals surface area contributed by atoms with E-state index in [9.17, 15) is 0 Å². The normalized spacial score (nSPS) is 10.7. The number of aromatic nitrogens is 2. The van der Waals surface area contributed by atoms with Crippen molar-refractivity contribution in [2.45, 2.75) is 0 Å². The summed E-state index contributed by atoms with van der Waals surface area (Å²) in [4.78, 5) is 9.09. The molecular weight excluding hydrogens is 308 g/mol. The van der Waals surface area contributed by atoms with E-state index < -0.39 is 0 Å². The van der Waals surface area contributed by atoms with Crippen molar-refractivity contribution in [3.8, 4) is 32.4 Å². The highest BCUT2D eigenvalue weighted by Crippen LogP contribution is 2.30. The van der Waals surface area contributed by atoms with Gasteiger partial charge in [0.1, 0.15) is 10.0 Å². The lowest BCUT2D eigenvalue weighted by Gasteiger charge is -1.99. The Hall–Kier alpha value is -2.30. The van der Waals surface area contributed by atoms with E-state index >= 15 is 0 Å². The fourth-order valence-electron chi connectivity index (χ4n) is 2.27. The zero-order valence-electron chi connectivity index (χ0n) is 11.6. The predicted octanol–water partition coefficient (Wildman–Crippen LogP) is 5.60. The highest BCUT2D eigenvalue weighted by Gasteiger charge is 2.07. The largest absolute Gasteiger partial charge is 0.245 e. The Morgan fingerprint density at radius 2 is 1.41 bits per heavy atom. The van der Waals surface area contributed by atoms with Crippen LogP contribution in [0.2, 0.25) is 0 Å². The van der Waals surface area contributed by atoms with Crippen LogP contribution in [0.3, 0.4) is 0 Å². The fraction of sp³-hybridized carbons (Fsp3) is 0. The lowest BCUT2D eigenvalue weighted by molar-refractivity contribution is 1.39. The molecule has 0 spiro atoms. The van der Waals surface area contributed by atoms with Gasteiger partial charge in [0.15, 0.2) is 0 Å². The Kier molecular flexibility index (Phi) is 3.54. The lowest BCUT2D eigenvalue weighted by Crippen LogP contribution is -1.81. The molecule has 0 radical (unpaired) electrons. The van der Waals surface area contributed by atoms with Crippen molar-refractivity contribution in [2.24, 2.45) is 0 Å². The summed E-state index contributed by atoms with van der Waals surface area (Å²) in [5.74, 6) is 0. The Balaban J connectivity index is 1.64. The molecule has 0 unspecified atom stereocenters. The van der Waals surface area contributed by atoms with Crippen molar-refractivity contribution in [1.29, 1.82) is 0 Å². The molecular formula is C18H12N2S2. The van der Waals surface area contributed by atoms with E-state index in [0.717, 1.165) is 32.4 Å². The summed E-state index contributed by atoms with van der Waals surface area (Å²) in [6.07, 6.45) is 1.83. The molecule has 0 aliphatic heterocycles. The molecule has 0 bridgehead atoms. The topological polar surface area (TPSA) is 25.8 Å². The average molecular weight is 320 g/mol. The van der Waals surface area contributed by atoms with Gasteiger partial charge < -0.3 is 0 Å². The van der Waals surface area contributed by atoms with Crippen LogP contribution in [-0.2, 0) is 0 Å². The molecule has 4 heteroatoms. The third-order valence-corrected chi connectivity index (χ3v) is 5.10.